The number of unbranched alkanes of at least 4 members (excludes halogenated alkanes) is 2. The van der Waals surface area contributed by atoms with Crippen LogP contribution in [0.4, 0.5) is 9.18 Å². The molecule has 1 saturated heterocycles. The van der Waals surface area contributed by atoms with Gasteiger partial charge in [-0.25, -0.2) is 17.6 Å². The lowest BCUT2D eigenvalue weighted by Crippen LogP contribution is -2.29. The number of carbonyl (C=O) groups excluding carboxylic acids is 2. The molecule has 0 radical (unpaired) electrons. The van der Waals surface area contributed by atoms with Crippen LogP contribution in [0.1, 0.15) is 50.5 Å². The summed E-state index contributed by atoms with van der Waals surface area (Å²) in [7, 11) is -3.27. The second kappa shape index (κ2) is 11.2. The van der Waals surface area contributed by atoms with Crippen LogP contribution in [0, 0.1) is 11.7 Å². The molecule has 7 nitrogen and oxygen atoms in total. The average molecular weight is 475 g/mol. The van der Waals surface area contributed by atoms with Crippen molar-refractivity contribution >= 4 is 35.3 Å². The molecule has 0 bridgehead atoms. The number of nitrogens with zero attached hydrogens (tertiary/aromatic N) is 1. The predicted octanol–water partition coefficient (Wildman–Crippen LogP) is 2.97. The Morgan fingerprint density at radius 3 is 2.61 bits per heavy atom. The first-order valence-corrected chi connectivity index (χ1v) is 12.3. The van der Waals surface area contributed by atoms with Gasteiger partial charge < -0.3 is 9.64 Å². The number of hydrogen-bond donors (Lipinski definition) is 1. The smallest absolute Gasteiger partial charge is 0.324 e. The van der Waals surface area contributed by atoms with Crippen molar-refractivity contribution in [2.45, 2.75) is 44.9 Å². The van der Waals surface area contributed by atoms with Crippen molar-refractivity contribution in [3.8, 4) is 5.75 Å². The zero-order valence-corrected chi connectivity index (χ0v) is 19.5. The maximum Gasteiger partial charge on any atom is 0.324 e. The molecule has 1 aromatic rings. The predicted molar refractivity (Wildman–Crippen MR) is 121 cm³/mol. The van der Waals surface area contributed by atoms with Gasteiger partial charge in [0.05, 0.1) is 18.1 Å². The molecule has 1 saturated carbocycles. The summed E-state index contributed by atoms with van der Waals surface area (Å²) in [6, 6.07) is 4.17. The van der Waals surface area contributed by atoms with Crippen molar-refractivity contribution in [2.24, 2.45) is 5.92 Å². The highest BCUT2D eigenvalue weighted by atomic mass is 32.2. The maximum atomic E-state index is 13.9. The van der Waals surface area contributed by atoms with Crippen LogP contribution < -0.4 is 10.1 Å². The number of hydrogen-bond acceptors (Lipinski definition) is 5. The third-order valence-electron chi connectivity index (χ3n) is 5.45. The topological polar surface area (TPSA) is 92.8 Å². The number of rotatable bonds is 12. The van der Waals surface area contributed by atoms with Crippen LogP contribution in [0.5, 0.6) is 5.75 Å². The Labute approximate surface area is 190 Å². The van der Waals surface area contributed by atoms with E-state index in [2.05, 4.69) is 5.32 Å². The fourth-order valence-corrected chi connectivity index (χ4v) is 5.22. The summed E-state index contributed by atoms with van der Waals surface area (Å²) in [5.41, 5.74) is 0.746. The van der Waals surface area contributed by atoms with Gasteiger partial charge in [-0.1, -0.05) is 19.4 Å². The average Bonchev–Trinajstić information content (AvgIpc) is 3.44. The normalized spacial score (nSPS) is 17.3. The largest absolute Gasteiger partial charge is 0.490 e. The molecule has 31 heavy (non-hydrogen) atoms. The second-order valence-corrected chi connectivity index (χ2v) is 10.5. The van der Waals surface area contributed by atoms with Crippen LogP contribution in [-0.2, 0) is 14.6 Å². The molecule has 0 unspecified atom stereocenters. The van der Waals surface area contributed by atoms with Gasteiger partial charge >= 0.3 is 6.03 Å². The molecule has 1 heterocycles. The molecule has 1 aromatic carbocycles. The van der Waals surface area contributed by atoms with Crippen molar-refractivity contribution in [3.05, 3.63) is 29.6 Å². The molecule has 3 rings (SSSR count). The third kappa shape index (κ3) is 7.99. The van der Waals surface area contributed by atoms with Crippen molar-refractivity contribution in [2.75, 3.05) is 31.2 Å². The molecule has 1 N–H and O–H groups in total. The van der Waals surface area contributed by atoms with Crippen LogP contribution in [0.2, 0.25) is 0 Å². The number of ether oxygens (including phenoxy) is 1. The van der Waals surface area contributed by atoms with E-state index < -0.39 is 15.7 Å². The summed E-state index contributed by atoms with van der Waals surface area (Å²) in [4.78, 5) is 24.0. The van der Waals surface area contributed by atoms with E-state index in [1.165, 1.54) is 11.0 Å². The van der Waals surface area contributed by atoms with E-state index >= 15 is 0 Å². The highest BCUT2D eigenvalue weighted by Crippen LogP contribution is 2.31. The fraction of sp³-hybridized carbons (Fsp3) is 0.619. The Hall–Kier alpha value is -1.81. The van der Waals surface area contributed by atoms with Crippen LogP contribution in [0.3, 0.4) is 0 Å². The van der Waals surface area contributed by atoms with E-state index in [-0.39, 0.29) is 55.2 Å². The quantitative estimate of drug-likeness (QED) is 0.371. The van der Waals surface area contributed by atoms with Gasteiger partial charge in [-0.3, -0.25) is 10.1 Å². The summed E-state index contributed by atoms with van der Waals surface area (Å²) >= 11 is 0. The Bertz CT molecular complexity index is 890. The number of urea groups is 1. The fourth-order valence-electron chi connectivity index (χ4n) is 3.45. The zero-order valence-electron chi connectivity index (χ0n) is 17.7. The van der Waals surface area contributed by atoms with E-state index in [0.29, 0.717) is 38.3 Å². The number of sulfone groups is 1. The van der Waals surface area contributed by atoms with Gasteiger partial charge in [0.1, 0.15) is 6.54 Å². The molecule has 1 aliphatic heterocycles. The summed E-state index contributed by atoms with van der Waals surface area (Å²) < 4.78 is 44.5. The lowest BCUT2D eigenvalue weighted by atomic mass is 10.0. The molecular weight excluding hydrogens is 443 g/mol. The van der Waals surface area contributed by atoms with Gasteiger partial charge in [0.2, 0.25) is 5.91 Å². The van der Waals surface area contributed by atoms with E-state index in [4.69, 9.17) is 4.74 Å². The summed E-state index contributed by atoms with van der Waals surface area (Å²) in [6.45, 7) is 2.82. The number of carbonyl (C=O) groups is 2. The Balaban J connectivity index is 0.00000341. The molecule has 1 atom stereocenters. The van der Waals surface area contributed by atoms with E-state index in [9.17, 15) is 22.4 Å². The molecule has 0 aromatic heterocycles. The van der Waals surface area contributed by atoms with Crippen LogP contribution in [0.25, 0.3) is 0 Å². The van der Waals surface area contributed by atoms with Crippen molar-refractivity contribution in [1.29, 1.82) is 0 Å². The Kier molecular flexibility index (Phi) is 9.17. The van der Waals surface area contributed by atoms with E-state index in [1.54, 1.807) is 12.1 Å². The third-order valence-corrected chi connectivity index (χ3v) is 7.37. The summed E-state index contributed by atoms with van der Waals surface area (Å²) in [5.74, 6) is -0.253. The first-order chi connectivity index (χ1) is 14.2. The SMILES string of the molecule is C[C@H](CS(=O)(=O)CCCCCN1CC(=O)NC1=O)c1ccc(F)c(OCC2CC2)c1.S. The molecule has 3 amide bonds. The van der Waals surface area contributed by atoms with E-state index in [1.807, 2.05) is 6.92 Å². The summed E-state index contributed by atoms with van der Waals surface area (Å²) in [6.07, 6.45) is 4.02. The van der Waals surface area contributed by atoms with Crippen LogP contribution >= 0.6 is 13.5 Å². The molecule has 174 valence electrons. The van der Waals surface area contributed by atoms with Gasteiger partial charge in [-0.15, -0.1) is 0 Å². The lowest BCUT2D eigenvalue weighted by molar-refractivity contribution is -0.118. The van der Waals surface area contributed by atoms with Crippen LogP contribution in [-0.4, -0.2) is 56.5 Å². The zero-order chi connectivity index (χ0) is 21.7. The molecule has 10 heteroatoms. The highest BCUT2D eigenvalue weighted by molar-refractivity contribution is 7.91. The second-order valence-electron chi connectivity index (χ2n) is 8.30. The van der Waals surface area contributed by atoms with Gasteiger partial charge in [-0.2, -0.15) is 13.5 Å². The standard InChI is InChI=1S/C21H29FN2O5S.H2S/c1-15(17-7-8-18(22)19(11-17)29-13-16-5-6-16)14-30(27,28)10-4-2-3-9-24-12-20(25)23-21(24)26;/h7-8,11,15-16H,2-6,9-10,12-14H2,1H3,(H,23,25,26);1H2/t15-;/m1./s1. The molecule has 1 aliphatic carbocycles. The van der Waals surface area contributed by atoms with Gasteiger partial charge in [0, 0.05) is 6.54 Å². The van der Waals surface area contributed by atoms with Crippen molar-refractivity contribution < 1.29 is 27.1 Å². The Morgan fingerprint density at radius 1 is 1.23 bits per heavy atom. The van der Waals surface area contributed by atoms with Gasteiger partial charge in [0.15, 0.2) is 21.4 Å². The molecule has 2 fully saturated rings. The minimum Gasteiger partial charge on any atom is -0.490 e. The first-order valence-electron chi connectivity index (χ1n) is 10.4. The minimum absolute atomic E-state index is 0. The van der Waals surface area contributed by atoms with Crippen molar-refractivity contribution in [3.63, 3.8) is 0 Å². The number of imide groups is 1. The molecular formula is C21H31FN2O5S2. The van der Waals surface area contributed by atoms with Crippen LogP contribution in [0.15, 0.2) is 18.2 Å². The minimum atomic E-state index is -3.27. The number of halogens is 1. The first kappa shape index (κ1) is 25.5. The molecule has 0 spiro atoms. The van der Waals surface area contributed by atoms with Gasteiger partial charge in [0.25, 0.3) is 0 Å². The number of nitrogens with one attached hydrogen (secondary N) is 1. The summed E-state index contributed by atoms with van der Waals surface area (Å²) in [5, 5.41) is 2.21. The maximum absolute atomic E-state index is 13.9. The molecule has 2 aliphatic rings. The monoisotopic (exact) mass is 474 g/mol. The highest BCUT2D eigenvalue weighted by Gasteiger charge is 2.26. The Morgan fingerprint density at radius 2 is 1.97 bits per heavy atom. The van der Waals surface area contributed by atoms with Crippen molar-refractivity contribution in [1.82, 2.24) is 10.2 Å². The number of benzene rings is 1. The number of amides is 3. The van der Waals surface area contributed by atoms with E-state index in [0.717, 1.165) is 18.4 Å². The lowest BCUT2D eigenvalue weighted by Gasteiger charge is -2.15. The van der Waals surface area contributed by atoms with Gasteiger partial charge in [-0.05, 0) is 55.2 Å².